The summed E-state index contributed by atoms with van der Waals surface area (Å²) in [6, 6.07) is 0. The molecule has 1 fully saturated rings. The summed E-state index contributed by atoms with van der Waals surface area (Å²) >= 11 is 1.36. The summed E-state index contributed by atoms with van der Waals surface area (Å²) in [6.45, 7) is 0. The second-order valence-electron chi connectivity index (χ2n) is 2.00. The van der Waals surface area contributed by atoms with Crippen LogP contribution in [0, 0.1) is 5.92 Å². The molecule has 1 saturated heterocycles. The van der Waals surface area contributed by atoms with Crippen LogP contribution in [0.5, 0.6) is 0 Å². The molecule has 1 rings (SSSR count). The molecule has 52 valence electrons. The van der Waals surface area contributed by atoms with Crippen molar-refractivity contribution in [2.24, 2.45) is 5.92 Å². The van der Waals surface area contributed by atoms with Gasteiger partial charge in [-0.05, 0) is 0 Å². The molecule has 1 heterocycles. The Kier molecular flexibility index (Phi) is 1.95. The van der Waals surface area contributed by atoms with Crippen molar-refractivity contribution in [3.05, 3.63) is 0 Å². The van der Waals surface area contributed by atoms with Crippen molar-refractivity contribution in [3.8, 4) is 0 Å². The molecule has 0 amide bonds. The SMILES string of the molecule is O=C(O)[C@@H]1CSC[C@H]1F. The molecule has 0 aromatic carbocycles. The monoisotopic (exact) mass is 150 g/mol. The number of rotatable bonds is 1. The molecule has 1 aliphatic rings. The van der Waals surface area contributed by atoms with Gasteiger partial charge in [0, 0.05) is 11.5 Å². The summed E-state index contributed by atoms with van der Waals surface area (Å²) in [5.74, 6) is -0.990. The van der Waals surface area contributed by atoms with Crippen molar-refractivity contribution in [3.63, 3.8) is 0 Å². The van der Waals surface area contributed by atoms with Gasteiger partial charge in [0.1, 0.15) is 6.17 Å². The van der Waals surface area contributed by atoms with Crippen LogP contribution in [-0.2, 0) is 4.79 Å². The number of hydrogen-bond donors (Lipinski definition) is 1. The number of halogens is 1. The Morgan fingerprint density at radius 3 is 2.56 bits per heavy atom. The van der Waals surface area contributed by atoms with E-state index >= 15 is 0 Å². The van der Waals surface area contributed by atoms with Gasteiger partial charge in [0.05, 0.1) is 5.92 Å². The highest BCUT2D eigenvalue weighted by atomic mass is 32.2. The van der Waals surface area contributed by atoms with Gasteiger partial charge in [0.15, 0.2) is 0 Å². The number of aliphatic carboxylic acids is 1. The van der Waals surface area contributed by atoms with Crippen LogP contribution in [-0.4, -0.2) is 28.8 Å². The van der Waals surface area contributed by atoms with E-state index < -0.39 is 18.1 Å². The smallest absolute Gasteiger partial charge is 0.310 e. The molecule has 0 unspecified atom stereocenters. The largest absolute Gasteiger partial charge is 0.481 e. The Hall–Kier alpha value is -0.250. The third-order valence-corrected chi connectivity index (χ3v) is 2.48. The molecule has 1 N–H and O–H groups in total. The van der Waals surface area contributed by atoms with E-state index in [1.165, 1.54) is 11.8 Å². The zero-order valence-electron chi connectivity index (χ0n) is 4.71. The highest BCUT2D eigenvalue weighted by Crippen LogP contribution is 2.26. The summed E-state index contributed by atoms with van der Waals surface area (Å²) in [7, 11) is 0. The molecule has 0 spiro atoms. The maximum absolute atomic E-state index is 12.4. The van der Waals surface area contributed by atoms with E-state index in [-0.39, 0.29) is 0 Å². The molecule has 0 aromatic heterocycles. The van der Waals surface area contributed by atoms with Crippen LogP contribution in [0.2, 0.25) is 0 Å². The van der Waals surface area contributed by atoms with Crippen molar-refractivity contribution in [2.45, 2.75) is 6.17 Å². The molecule has 4 heteroatoms. The molecule has 0 aromatic rings. The normalized spacial score (nSPS) is 34.8. The third-order valence-electron chi connectivity index (χ3n) is 1.33. The molecular formula is C5H7FO2S. The van der Waals surface area contributed by atoms with Crippen LogP contribution in [0.1, 0.15) is 0 Å². The Morgan fingerprint density at radius 1 is 1.67 bits per heavy atom. The molecular weight excluding hydrogens is 143 g/mol. The van der Waals surface area contributed by atoms with Gasteiger partial charge in [-0.3, -0.25) is 4.79 Å². The van der Waals surface area contributed by atoms with Crippen molar-refractivity contribution in [2.75, 3.05) is 11.5 Å². The van der Waals surface area contributed by atoms with Crippen molar-refractivity contribution in [1.29, 1.82) is 0 Å². The van der Waals surface area contributed by atoms with Crippen LogP contribution < -0.4 is 0 Å². The molecule has 9 heavy (non-hydrogen) atoms. The molecule has 2 atom stereocenters. The fourth-order valence-corrected chi connectivity index (χ4v) is 1.95. The first-order valence-electron chi connectivity index (χ1n) is 2.66. The predicted molar refractivity (Wildman–Crippen MR) is 33.3 cm³/mol. The van der Waals surface area contributed by atoms with Gasteiger partial charge in [-0.15, -0.1) is 0 Å². The van der Waals surface area contributed by atoms with E-state index in [0.29, 0.717) is 11.5 Å². The molecule has 0 aliphatic carbocycles. The third kappa shape index (κ3) is 1.36. The second-order valence-corrected chi connectivity index (χ2v) is 3.07. The number of carboxylic acids is 1. The molecule has 2 nitrogen and oxygen atoms in total. The van der Waals surface area contributed by atoms with Crippen molar-refractivity contribution in [1.82, 2.24) is 0 Å². The molecule has 0 bridgehead atoms. The summed E-state index contributed by atoms with van der Waals surface area (Å²) in [5, 5.41) is 8.33. The lowest BCUT2D eigenvalue weighted by Gasteiger charge is -2.02. The van der Waals surface area contributed by atoms with Gasteiger partial charge < -0.3 is 5.11 Å². The topological polar surface area (TPSA) is 37.3 Å². The quantitative estimate of drug-likeness (QED) is 0.600. The van der Waals surface area contributed by atoms with Crippen LogP contribution in [0.4, 0.5) is 4.39 Å². The minimum absolute atomic E-state index is 0.344. The highest BCUT2D eigenvalue weighted by Gasteiger charge is 2.33. The number of carboxylic acid groups (broad SMARTS) is 1. The Morgan fingerprint density at radius 2 is 2.33 bits per heavy atom. The lowest BCUT2D eigenvalue weighted by molar-refractivity contribution is -0.142. The Bertz CT molecular complexity index is 128. The van der Waals surface area contributed by atoms with Crippen LogP contribution >= 0.6 is 11.8 Å². The van der Waals surface area contributed by atoms with E-state index in [1.807, 2.05) is 0 Å². The van der Waals surface area contributed by atoms with E-state index in [4.69, 9.17) is 5.11 Å². The predicted octanol–water partition coefficient (Wildman–Crippen LogP) is 0.772. The van der Waals surface area contributed by atoms with E-state index in [0.717, 1.165) is 0 Å². The zero-order valence-corrected chi connectivity index (χ0v) is 5.53. The molecule has 0 radical (unpaired) electrons. The van der Waals surface area contributed by atoms with Gasteiger partial charge in [-0.25, -0.2) is 4.39 Å². The van der Waals surface area contributed by atoms with Crippen LogP contribution in [0.25, 0.3) is 0 Å². The molecule has 1 aliphatic heterocycles. The highest BCUT2D eigenvalue weighted by molar-refractivity contribution is 7.99. The van der Waals surface area contributed by atoms with Crippen molar-refractivity contribution < 1.29 is 14.3 Å². The van der Waals surface area contributed by atoms with Gasteiger partial charge in [-0.2, -0.15) is 11.8 Å². The number of carbonyl (C=O) groups is 1. The summed E-state index contributed by atoms with van der Waals surface area (Å²) in [5.41, 5.74) is 0. The van der Waals surface area contributed by atoms with E-state index in [1.54, 1.807) is 0 Å². The minimum Gasteiger partial charge on any atom is -0.481 e. The van der Waals surface area contributed by atoms with Crippen LogP contribution in [0.3, 0.4) is 0 Å². The number of thioether (sulfide) groups is 1. The lowest BCUT2D eigenvalue weighted by Crippen LogP contribution is -2.22. The summed E-state index contributed by atoms with van der Waals surface area (Å²) in [6.07, 6.45) is -1.13. The zero-order chi connectivity index (χ0) is 6.85. The van der Waals surface area contributed by atoms with Gasteiger partial charge in [-0.1, -0.05) is 0 Å². The number of hydrogen-bond acceptors (Lipinski definition) is 2. The summed E-state index contributed by atoms with van der Waals surface area (Å²) < 4.78 is 12.4. The first kappa shape index (κ1) is 6.86. The standard InChI is InChI=1S/C5H7FO2S/c6-4-2-9-1-3(4)5(7)8/h3-4H,1-2H2,(H,7,8)/t3-,4-/m1/s1. The number of alkyl halides is 1. The lowest BCUT2D eigenvalue weighted by atomic mass is 10.1. The fourth-order valence-electron chi connectivity index (χ4n) is 0.754. The van der Waals surface area contributed by atoms with Crippen molar-refractivity contribution >= 4 is 17.7 Å². The second kappa shape index (κ2) is 2.56. The van der Waals surface area contributed by atoms with E-state index in [2.05, 4.69) is 0 Å². The first-order chi connectivity index (χ1) is 4.22. The molecule has 0 saturated carbocycles. The maximum Gasteiger partial charge on any atom is 0.310 e. The Labute approximate surface area is 56.4 Å². The maximum atomic E-state index is 12.4. The summed E-state index contributed by atoms with van der Waals surface area (Å²) in [4.78, 5) is 10.2. The van der Waals surface area contributed by atoms with Gasteiger partial charge >= 0.3 is 5.97 Å². The average molecular weight is 150 g/mol. The fraction of sp³-hybridized carbons (Fsp3) is 0.800. The Balaban J connectivity index is 2.49. The van der Waals surface area contributed by atoms with Gasteiger partial charge in [0.2, 0.25) is 0 Å². The van der Waals surface area contributed by atoms with Crippen LogP contribution in [0.15, 0.2) is 0 Å². The first-order valence-corrected chi connectivity index (χ1v) is 3.82. The minimum atomic E-state index is -1.13. The average Bonchev–Trinajstić information content (AvgIpc) is 2.13. The van der Waals surface area contributed by atoms with Gasteiger partial charge in [0.25, 0.3) is 0 Å². The van der Waals surface area contributed by atoms with E-state index in [9.17, 15) is 9.18 Å².